The molecule has 0 saturated carbocycles. The highest BCUT2D eigenvalue weighted by molar-refractivity contribution is 5.37. The van der Waals surface area contributed by atoms with Gasteiger partial charge in [0.2, 0.25) is 12.2 Å². The van der Waals surface area contributed by atoms with E-state index in [1.165, 1.54) is 19.1 Å². The van der Waals surface area contributed by atoms with Gasteiger partial charge in [0.15, 0.2) is 0 Å². The van der Waals surface area contributed by atoms with Crippen LogP contribution in [0.5, 0.6) is 0 Å². The SMILES string of the molecule is CCOC(C)(N=C=O)N=C=O. The van der Waals surface area contributed by atoms with E-state index in [9.17, 15) is 9.59 Å². The summed E-state index contributed by atoms with van der Waals surface area (Å²) >= 11 is 0. The zero-order valence-corrected chi connectivity index (χ0v) is 6.33. The van der Waals surface area contributed by atoms with Gasteiger partial charge in [-0.3, -0.25) is 0 Å². The fraction of sp³-hybridized carbons (Fsp3) is 0.667. The minimum atomic E-state index is -1.45. The molecule has 0 bridgehead atoms. The van der Waals surface area contributed by atoms with Gasteiger partial charge in [-0.2, -0.15) is 0 Å². The molecule has 0 aromatic carbocycles. The highest BCUT2D eigenvalue weighted by Gasteiger charge is 2.21. The van der Waals surface area contributed by atoms with Crippen LogP contribution in [0.15, 0.2) is 9.98 Å². The van der Waals surface area contributed by atoms with Crippen molar-refractivity contribution in [3.63, 3.8) is 0 Å². The highest BCUT2D eigenvalue weighted by atomic mass is 16.5. The second-order valence-corrected chi connectivity index (χ2v) is 1.77. The first-order chi connectivity index (χ1) is 5.18. The van der Waals surface area contributed by atoms with Crippen molar-refractivity contribution in [1.29, 1.82) is 0 Å². The maximum absolute atomic E-state index is 9.81. The van der Waals surface area contributed by atoms with Gasteiger partial charge < -0.3 is 4.74 Å². The Morgan fingerprint density at radius 1 is 1.36 bits per heavy atom. The van der Waals surface area contributed by atoms with Crippen molar-refractivity contribution in [3.8, 4) is 0 Å². The summed E-state index contributed by atoms with van der Waals surface area (Å²) in [4.78, 5) is 26.0. The summed E-state index contributed by atoms with van der Waals surface area (Å²) in [7, 11) is 0. The normalized spacial score (nSPS) is 14.0. The van der Waals surface area contributed by atoms with Crippen molar-refractivity contribution in [2.45, 2.75) is 19.7 Å². The van der Waals surface area contributed by atoms with Crippen molar-refractivity contribution in [2.24, 2.45) is 9.98 Å². The van der Waals surface area contributed by atoms with Gasteiger partial charge in [-0.05, 0) is 6.92 Å². The highest BCUT2D eigenvalue weighted by Crippen LogP contribution is 2.11. The molecule has 0 unspecified atom stereocenters. The van der Waals surface area contributed by atoms with Crippen LogP contribution in [0.2, 0.25) is 0 Å². The molecule has 0 fully saturated rings. The molecular formula is C6H8N2O3. The number of ether oxygens (including phenoxy) is 1. The van der Waals surface area contributed by atoms with Gasteiger partial charge in [-0.1, -0.05) is 0 Å². The van der Waals surface area contributed by atoms with Gasteiger partial charge in [-0.25, -0.2) is 9.59 Å². The van der Waals surface area contributed by atoms with E-state index < -0.39 is 5.85 Å². The molecule has 0 amide bonds. The number of rotatable bonds is 4. The first kappa shape index (κ1) is 9.72. The second kappa shape index (κ2) is 4.52. The molecule has 0 heterocycles. The second-order valence-electron chi connectivity index (χ2n) is 1.77. The van der Waals surface area contributed by atoms with E-state index in [1.54, 1.807) is 6.92 Å². The van der Waals surface area contributed by atoms with Crippen LogP contribution in [0.3, 0.4) is 0 Å². The first-order valence-electron chi connectivity index (χ1n) is 3.00. The lowest BCUT2D eigenvalue weighted by atomic mass is 10.5. The molecule has 0 aromatic rings. The molecule has 0 aromatic heterocycles. The van der Waals surface area contributed by atoms with Crippen molar-refractivity contribution >= 4 is 12.2 Å². The monoisotopic (exact) mass is 156 g/mol. The van der Waals surface area contributed by atoms with Crippen molar-refractivity contribution in [3.05, 3.63) is 0 Å². The molecular weight excluding hydrogens is 148 g/mol. The largest absolute Gasteiger partial charge is 0.335 e. The minimum absolute atomic E-state index is 0.298. The summed E-state index contributed by atoms with van der Waals surface area (Å²) < 4.78 is 4.85. The van der Waals surface area contributed by atoms with Crippen molar-refractivity contribution in [1.82, 2.24) is 0 Å². The Morgan fingerprint density at radius 3 is 2.09 bits per heavy atom. The molecule has 0 aliphatic carbocycles. The van der Waals surface area contributed by atoms with Crippen LogP contribution in [-0.4, -0.2) is 24.6 Å². The summed E-state index contributed by atoms with van der Waals surface area (Å²) in [6.45, 7) is 3.36. The van der Waals surface area contributed by atoms with Crippen LogP contribution < -0.4 is 0 Å². The summed E-state index contributed by atoms with van der Waals surface area (Å²) in [5.41, 5.74) is 0. The first-order valence-corrected chi connectivity index (χ1v) is 3.00. The minimum Gasteiger partial charge on any atom is -0.335 e. The van der Waals surface area contributed by atoms with Crippen molar-refractivity contribution < 1.29 is 14.3 Å². The molecule has 0 N–H and O–H groups in total. The van der Waals surface area contributed by atoms with Crippen LogP contribution in [0.4, 0.5) is 0 Å². The third kappa shape index (κ3) is 3.43. The smallest absolute Gasteiger partial charge is 0.275 e. The lowest BCUT2D eigenvalue weighted by Crippen LogP contribution is -2.22. The fourth-order valence-electron chi connectivity index (χ4n) is 0.532. The number of hydrogen-bond donors (Lipinski definition) is 0. The molecule has 0 rings (SSSR count). The van der Waals surface area contributed by atoms with Gasteiger partial charge in [0.05, 0.1) is 0 Å². The molecule has 0 aliphatic rings. The third-order valence-electron chi connectivity index (χ3n) is 0.924. The predicted octanol–water partition coefficient (Wildman–Crippen LogP) is 0.368. The average Bonchev–Trinajstić information content (AvgIpc) is 1.88. The molecule has 0 atom stereocenters. The lowest BCUT2D eigenvalue weighted by Gasteiger charge is -2.14. The maximum Gasteiger partial charge on any atom is 0.275 e. The number of carbonyl (C=O) groups excluding carboxylic acids is 2. The van der Waals surface area contributed by atoms with Crippen molar-refractivity contribution in [2.75, 3.05) is 6.61 Å². The molecule has 0 aliphatic heterocycles. The summed E-state index contributed by atoms with van der Waals surface area (Å²) in [6.07, 6.45) is 2.51. The Labute approximate surface area is 63.8 Å². The topological polar surface area (TPSA) is 68.1 Å². The summed E-state index contributed by atoms with van der Waals surface area (Å²) in [5, 5.41) is 0. The Balaban J connectivity index is 4.49. The summed E-state index contributed by atoms with van der Waals surface area (Å²) in [5.74, 6) is -1.45. The molecule has 0 spiro atoms. The molecule has 5 heteroatoms. The fourth-order valence-corrected chi connectivity index (χ4v) is 0.532. The van der Waals surface area contributed by atoms with Gasteiger partial charge >= 0.3 is 0 Å². The zero-order chi connectivity index (χ0) is 8.74. The van der Waals surface area contributed by atoms with E-state index in [0.29, 0.717) is 6.61 Å². The van der Waals surface area contributed by atoms with Gasteiger partial charge in [0.25, 0.3) is 5.85 Å². The van der Waals surface area contributed by atoms with E-state index in [0.717, 1.165) is 0 Å². The lowest BCUT2D eigenvalue weighted by molar-refractivity contribution is -0.0101. The maximum atomic E-state index is 9.81. The Bertz CT molecular complexity index is 196. The number of isocyanates is 2. The van der Waals surface area contributed by atoms with Crippen LogP contribution in [0.1, 0.15) is 13.8 Å². The number of hydrogen-bond acceptors (Lipinski definition) is 5. The van der Waals surface area contributed by atoms with E-state index >= 15 is 0 Å². The van der Waals surface area contributed by atoms with Crippen LogP contribution in [0.25, 0.3) is 0 Å². The Hall–Kier alpha value is -1.28. The molecule has 60 valence electrons. The van der Waals surface area contributed by atoms with E-state index in [4.69, 9.17) is 4.74 Å². The number of nitrogens with zero attached hydrogens (tertiary/aromatic N) is 2. The zero-order valence-electron chi connectivity index (χ0n) is 6.33. The quantitative estimate of drug-likeness (QED) is 0.436. The Morgan fingerprint density at radius 2 is 1.82 bits per heavy atom. The molecule has 5 nitrogen and oxygen atoms in total. The Kier molecular flexibility index (Phi) is 4.00. The predicted molar refractivity (Wildman–Crippen MR) is 36.3 cm³/mol. The van der Waals surface area contributed by atoms with Crippen LogP contribution in [0, 0.1) is 0 Å². The molecule has 0 saturated heterocycles. The average molecular weight is 156 g/mol. The van der Waals surface area contributed by atoms with Gasteiger partial charge in [0.1, 0.15) is 0 Å². The standard InChI is InChI=1S/C6H8N2O3/c1-3-11-6(2,7-4-9)8-5-10/h3H2,1-2H3. The van der Waals surface area contributed by atoms with Gasteiger partial charge in [-0.15, -0.1) is 9.98 Å². The van der Waals surface area contributed by atoms with Crippen LogP contribution >= 0.6 is 0 Å². The van der Waals surface area contributed by atoms with E-state index in [2.05, 4.69) is 9.98 Å². The van der Waals surface area contributed by atoms with E-state index in [-0.39, 0.29) is 0 Å². The molecule has 11 heavy (non-hydrogen) atoms. The third-order valence-corrected chi connectivity index (χ3v) is 0.924. The van der Waals surface area contributed by atoms with Gasteiger partial charge in [0, 0.05) is 13.5 Å². The van der Waals surface area contributed by atoms with Crippen LogP contribution in [-0.2, 0) is 14.3 Å². The van der Waals surface area contributed by atoms with E-state index in [1.807, 2.05) is 0 Å². The molecule has 0 radical (unpaired) electrons. The summed E-state index contributed by atoms with van der Waals surface area (Å²) in [6, 6.07) is 0. The number of aliphatic imine (C=N–C) groups is 2.